The molecular weight excluding hydrogens is 292 g/mol. The molecule has 0 saturated heterocycles. The van der Waals surface area contributed by atoms with Crippen LogP contribution in [0.1, 0.15) is 26.3 Å². The van der Waals surface area contributed by atoms with Crippen LogP contribution in [-0.4, -0.2) is 32.5 Å². The smallest absolute Gasteiger partial charge is 0.240 e. The third-order valence-electron chi connectivity index (χ3n) is 2.72. The van der Waals surface area contributed by atoms with E-state index in [1.54, 1.807) is 30.0 Å². The maximum Gasteiger partial charge on any atom is 0.240 e. The van der Waals surface area contributed by atoms with Crippen LogP contribution in [0.4, 0.5) is 0 Å². The number of sulfonamides is 1. The first-order valence-electron chi connectivity index (χ1n) is 6.89. The van der Waals surface area contributed by atoms with E-state index in [0.29, 0.717) is 11.4 Å². The molecule has 1 atom stereocenters. The van der Waals surface area contributed by atoms with Crippen molar-refractivity contribution in [1.82, 2.24) is 10.0 Å². The van der Waals surface area contributed by atoms with Gasteiger partial charge in [-0.25, -0.2) is 13.1 Å². The third kappa shape index (κ3) is 5.83. The van der Waals surface area contributed by atoms with Crippen LogP contribution in [0.25, 0.3) is 0 Å². The summed E-state index contributed by atoms with van der Waals surface area (Å²) >= 11 is 1.73. The van der Waals surface area contributed by atoms with Gasteiger partial charge in [-0.15, -0.1) is 0 Å². The second-order valence-electron chi connectivity index (χ2n) is 4.61. The molecule has 0 aliphatic carbocycles. The predicted octanol–water partition coefficient (Wildman–Crippen LogP) is 2.22. The summed E-state index contributed by atoms with van der Waals surface area (Å²) in [5.74, 6) is 1.77. The Kier molecular flexibility index (Phi) is 7.58. The lowest BCUT2D eigenvalue weighted by Crippen LogP contribution is -2.34. The van der Waals surface area contributed by atoms with E-state index >= 15 is 0 Å². The molecule has 0 aliphatic heterocycles. The lowest BCUT2D eigenvalue weighted by Gasteiger charge is -2.14. The molecule has 6 heteroatoms. The van der Waals surface area contributed by atoms with E-state index in [0.717, 1.165) is 23.6 Å². The molecule has 0 fully saturated rings. The van der Waals surface area contributed by atoms with Crippen molar-refractivity contribution in [1.29, 1.82) is 0 Å². The van der Waals surface area contributed by atoms with Crippen molar-refractivity contribution in [2.45, 2.75) is 38.3 Å². The van der Waals surface area contributed by atoms with E-state index in [-0.39, 0.29) is 6.04 Å². The molecule has 1 unspecified atom stereocenters. The lowest BCUT2D eigenvalue weighted by molar-refractivity contribution is 0.571. The zero-order chi connectivity index (χ0) is 15.0. The minimum Gasteiger partial charge on any atom is -0.313 e. The van der Waals surface area contributed by atoms with Crippen LogP contribution in [0.5, 0.6) is 0 Å². The van der Waals surface area contributed by atoms with Gasteiger partial charge in [0.15, 0.2) is 0 Å². The number of benzene rings is 1. The highest BCUT2D eigenvalue weighted by atomic mass is 32.2. The van der Waals surface area contributed by atoms with Crippen molar-refractivity contribution in [2.75, 3.05) is 18.1 Å². The summed E-state index contributed by atoms with van der Waals surface area (Å²) in [6, 6.07) is 7.01. The molecule has 0 aromatic heterocycles. The first-order chi connectivity index (χ1) is 9.49. The molecule has 1 rings (SSSR count). The highest BCUT2D eigenvalue weighted by Gasteiger charge is 2.17. The standard InChI is InChI=1S/C14H24N2O2S2/c1-4-15-10-13-7-6-8-14(9-13)20(17,18)16-12(3)11-19-5-2/h6-9,12,15-16H,4-5,10-11H2,1-3H3. The molecule has 2 N–H and O–H groups in total. The van der Waals surface area contributed by atoms with Gasteiger partial charge in [-0.3, -0.25) is 0 Å². The van der Waals surface area contributed by atoms with Crippen LogP contribution in [0.2, 0.25) is 0 Å². The molecule has 20 heavy (non-hydrogen) atoms. The molecule has 4 nitrogen and oxygen atoms in total. The van der Waals surface area contributed by atoms with Gasteiger partial charge in [0.05, 0.1) is 4.90 Å². The highest BCUT2D eigenvalue weighted by Crippen LogP contribution is 2.13. The number of nitrogens with one attached hydrogen (secondary N) is 2. The summed E-state index contributed by atoms with van der Waals surface area (Å²) in [4.78, 5) is 0.334. The van der Waals surface area contributed by atoms with Gasteiger partial charge in [-0.2, -0.15) is 11.8 Å². The largest absolute Gasteiger partial charge is 0.313 e. The summed E-state index contributed by atoms with van der Waals surface area (Å²) in [6.07, 6.45) is 0. The summed E-state index contributed by atoms with van der Waals surface area (Å²) in [5, 5.41) is 3.19. The van der Waals surface area contributed by atoms with E-state index in [1.807, 2.05) is 19.9 Å². The van der Waals surface area contributed by atoms with Crippen molar-refractivity contribution in [2.24, 2.45) is 0 Å². The number of hydrogen-bond donors (Lipinski definition) is 2. The minimum atomic E-state index is -3.43. The van der Waals surface area contributed by atoms with Crippen LogP contribution in [-0.2, 0) is 16.6 Å². The van der Waals surface area contributed by atoms with Crippen molar-refractivity contribution < 1.29 is 8.42 Å². The molecule has 1 aromatic carbocycles. The van der Waals surface area contributed by atoms with Crippen LogP contribution >= 0.6 is 11.8 Å². The normalized spacial score (nSPS) is 13.3. The maximum atomic E-state index is 12.3. The monoisotopic (exact) mass is 316 g/mol. The third-order valence-corrected chi connectivity index (χ3v) is 5.45. The Labute approximate surface area is 126 Å². The molecule has 0 saturated carbocycles. The van der Waals surface area contributed by atoms with E-state index in [2.05, 4.69) is 17.0 Å². The van der Waals surface area contributed by atoms with Gasteiger partial charge in [0.1, 0.15) is 0 Å². The molecule has 0 amide bonds. The highest BCUT2D eigenvalue weighted by molar-refractivity contribution is 7.99. The Hall–Kier alpha value is -0.560. The van der Waals surface area contributed by atoms with Gasteiger partial charge in [0.2, 0.25) is 10.0 Å². The van der Waals surface area contributed by atoms with Gasteiger partial charge in [0.25, 0.3) is 0 Å². The van der Waals surface area contributed by atoms with Gasteiger partial charge >= 0.3 is 0 Å². The van der Waals surface area contributed by atoms with Gasteiger partial charge < -0.3 is 5.32 Å². The number of hydrogen-bond acceptors (Lipinski definition) is 4. The zero-order valence-electron chi connectivity index (χ0n) is 12.3. The van der Waals surface area contributed by atoms with Gasteiger partial charge in [0, 0.05) is 18.3 Å². The predicted molar refractivity (Wildman–Crippen MR) is 86.6 cm³/mol. The van der Waals surface area contributed by atoms with Gasteiger partial charge in [-0.05, 0) is 36.9 Å². The second-order valence-corrected chi connectivity index (χ2v) is 7.64. The SMILES string of the molecule is CCNCc1cccc(S(=O)(=O)NC(C)CSCC)c1. The molecular formula is C14H24N2O2S2. The fourth-order valence-electron chi connectivity index (χ4n) is 1.75. The number of thioether (sulfide) groups is 1. The zero-order valence-corrected chi connectivity index (χ0v) is 14.0. The average molecular weight is 316 g/mol. The molecule has 0 heterocycles. The van der Waals surface area contributed by atoms with E-state index in [4.69, 9.17) is 0 Å². The van der Waals surface area contributed by atoms with Gasteiger partial charge in [-0.1, -0.05) is 26.0 Å². The van der Waals surface area contributed by atoms with E-state index in [9.17, 15) is 8.42 Å². The molecule has 114 valence electrons. The Morgan fingerprint density at radius 2 is 2.05 bits per heavy atom. The Morgan fingerprint density at radius 3 is 2.70 bits per heavy atom. The topological polar surface area (TPSA) is 58.2 Å². The van der Waals surface area contributed by atoms with Crippen molar-refractivity contribution >= 4 is 21.8 Å². The Morgan fingerprint density at radius 1 is 1.30 bits per heavy atom. The molecule has 0 radical (unpaired) electrons. The molecule has 0 spiro atoms. The Balaban J connectivity index is 2.76. The average Bonchev–Trinajstić information content (AvgIpc) is 2.42. The first kappa shape index (κ1) is 17.5. The van der Waals surface area contributed by atoms with E-state index < -0.39 is 10.0 Å². The summed E-state index contributed by atoms with van der Waals surface area (Å²) < 4.78 is 27.3. The van der Waals surface area contributed by atoms with Crippen LogP contribution in [0.15, 0.2) is 29.2 Å². The fourth-order valence-corrected chi connectivity index (χ4v) is 3.84. The molecule has 0 bridgehead atoms. The quantitative estimate of drug-likeness (QED) is 0.733. The van der Waals surface area contributed by atoms with E-state index in [1.165, 1.54) is 0 Å². The van der Waals surface area contributed by atoms with Crippen molar-refractivity contribution in [3.05, 3.63) is 29.8 Å². The lowest BCUT2D eigenvalue weighted by atomic mass is 10.2. The van der Waals surface area contributed by atoms with Crippen LogP contribution in [0, 0.1) is 0 Å². The first-order valence-corrected chi connectivity index (χ1v) is 9.53. The second kappa shape index (κ2) is 8.67. The minimum absolute atomic E-state index is 0.0672. The summed E-state index contributed by atoms with van der Waals surface area (Å²) in [7, 11) is -3.43. The van der Waals surface area contributed by atoms with Crippen LogP contribution in [0.3, 0.4) is 0 Å². The van der Waals surface area contributed by atoms with Crippen molar-refractivity contribution in [3.8, 4) is 0 Å². The summed E-state index contributed by atoms with van der Waals surface area (Å²) in [5.41, 5.74) is 0.977. The fraction of sp³-hybridized carbons (Fsp3) is 0.571. The van der Waals surface area contributed by atoms with Crippen LogP contribution < -0.4 is 10.0 Å². The van der Waals surface area contributed by atoms with Crippen molar-refractivity contribution in [3.63, 3.8) is 0 Å². The molecule has 0 aliphatic rings. The maximum absolute atomic E-state index is 12.3. The Bertz CT molecular complexity index is 504. The summed E-state index contributed by atoms with van der Waals surface area (Å²) in [6.45, 7) is 7.52. The number of rotatable bonds is 9. The molecule has 1 aromatic rings.